The number of morpholine rings is 1. The molecule has 39 heavy (non-hydrogen) atoms. The molecule has 0 aliphatic carbocycles. The number of methoxy groups -OCH3 is 2. The maximum atomic E-state index is 13.5. The van der Waals surface area contributed by atoms with Gasteiger partial charge in [0.25, 0.3) is 11.5 Å². The number of aromatic nitrogens is 1. The molecule has 1 aromatic carbocycles. The van der Waals surface area contributed by atoms with Gasteiger partial charge >= 0.3 is 0 Å². The maximum absolute atomic E-state index is 13.5. The Morgan fingerprint density at radius 1 is 1.18 bits per heavy atom. The predicted octanol–water partition coefficient (Wildman–Crippen LogP) is 3.64. The summed E-state index contributed by atoms with van der Waals surface area (Å²) in [5.74, 6) is 1.72. The third kappa shape index (κ3) is 5.69. The summed E-state index contributed by atoms with van der Waals surface area (Å²) in [7, 11) is 4.83. The average molecular weight is 569 g/mol. The largest absolute Gasteiger partial charge is 0.493 e. The van der Waals surface area contributed by atoms with Crippen LogP contribution in [-0.4, -0.2) is 65.8 Å². The highest BCUT2D eigenvalue weighted by Crippen LogP contribution is 2.36. The summed E-state index contributed by atoms with van der Waals surface area (Å²) in [5.41, 5.74) is 1.88. The van der Waals surface area contributed by atoms with Crippen molar-refractivity contribution in [1.82, 2.24) is 9.47 Å². The summed E-state index contributed by atoms with van der Waals surface area (Å²) in [6.07, 6.45) is 2.27. The topological polar surface area (TPSA) is 97.0 Å². The molecule has 9 nitrogen and oxygen atoms in total. The van der Waals surface area contributed by atoms with E-state index in [4.69, 9.17) is 26.4 Å². The summed E-state index contributed by atoms with van der Waals surface area (Å²) in [4.78, 5) is 30.7. The van der Waals surface area contributed by atoms with Gasteiger partial charge in [0.1, 0.15) is 21.8 Å². The molecular weight excluding hydrogens is 536 g/mol. The Morgan fingerprint density at radius 3 is 2.46 bits per heavy atom. The molecule has 0 bridgehead atoms. The first kappa shape index (κ1) is 28.7. The van der Waals surface area contributed by atoms with E-state index in [2.05, 4.69) is 4.90 Å². The van der Waals surface area contributed by atoms with Gasteiger partial charge in [-0.1, -0.05) is 30.0 Å². The number of nitriles is 1. The van der Waals surface area contributed by atoms with E-state index in [1.54, 1.807) is 39.2 Å². The number of ether oxygens (including phenoxy) is 3. The smallest absolute Gasteiger partial charge is 0.270 e. The standard InChI is InChI=1S/C28H32N4O5S2/c1-16-14-31(15-17(2)37-16)25-20(18(3)21(13-29)26(33)30(25)4)12-24-27(34)32(28(38)39-24)10-9-19-7-8-22(35-5)23(11-19)36-6/h7-8,11-12,16-17H,9-10,14-15H2,1-6H3/b24-12+. The van der Waals surface area contributed by atoms with Gasteiger partial charge in [-0.3, -0.25) is 19.1 Å². The van der Waals surface area contributed by atoms with E-state index < -0.39 is 0 Å². The van der Waals surface area contributed by atoms with Crippen molar-refractivity contribution in [1.29, 1.82) is 5.26 Å². The summed E-state index contributed by atoms with van der Waals surface area (Å²) in [6.45, 7) is 7.28. The number of carbonyl (C=O) groups is 1. The Bertz CT molecular complexity index is 1430. The minimum Gasteiger partial charge on any atom is -0.493 e. The maximum Gasteiger partial charge on any atom is 0.270 e. The van der Waals surface area contributed by atoms with Crippen molar-refractivity contribution in [3.05, 3.63) is 55.7 Å². The van der Waals surface area contributed by atoms with Gasteiger partial charge in [0, 0.05) is 32.2 Å². The van der Waals surface area contributed by atoms with Crippen LogP contribution in [0.25, 0.3) is 6.08 Å². The second-order valence-electron chi connectivity index (χ2n) is 9.65. The Balaban J connectivity index is 1.68. The zero-order chi connectivity index (χ0) is 28.4. The Hall–Kier alpha value is -3.33. The van der Waals surface area contributed by atoms with Crippen molar-refractivity contribution >= 4 is 46.1 Å². The number of hydrogen-bond donors (Lipinski definition) is 0. The monoisotopic (exact) mass is 568 g/mol. The lowest BCUT2D eigenvalue weighted by molar-refractivity contribution is -0.122. The van der Waals surface area contributed by atoms with E-state index in [1.807, 2.05) is 38.1 Å². The van der Waals surface area contributed by atoms with Crippen LogP contribution in [0.1, 0.15) is 36.1 Å². The molecule has 0 N–H and O–H groups in total. The minimum absolute atomic E-state index is 0.0394. The van der Waals surface area contributed by atoms with Crippen molar-refractivity contribution in [3.63, 3.8) is 0 Å². The van der Waals surface area contributed by atoms with Crippen LogP contribution in [0, 0.1) is 18.3 Å². The number of rotatable bonds is 7. The number of benzene rings is 1. The number of anilines is 1. The molecule has 1 amide bonds. The zero-order valence-corrected chi connectivity index (χ0v) is 24.6. The number of amides is 1. The number of carbonyl (C=O) groups excluding carboxylic acids is 1. The highest BCUT2D eigenvalue weighted by molar-refractivity contribution is 8.26. The summed E-state index contributed by atoms with van der Waals surface area (Å²) in [6, 6.07) is 7.71. The second-order valence-corrected chi connectivity index (χ2v) is 11.3. The van der Waals surface area contributed by atoms with E-state index in [-0.39, 0.29) is 29.2 Å². The van der Waals surface area contributed by atoms with Crippen LogP contribution in [0.3, 0.4) is 0 Å². The van der Waals surface area contributed by atoms with Crippen LogP contribution >= 0.6 is 24.0 Å². The van der Waals surface area contributed by atoms with Crippen LogP contribution in [-0.2, 0) is 23.0 Å². The van der Waals surface area contributed by atoms with Crippen molar-refractivity contribution in [2.75, 3.05) is 38.8 Å². The quantitative estimate of drug-likeness (QED) is 0.366. The number of thioether (sulfide) groups is 1. The average Bonchev–Trinajstić information content (AvgIpc) is 3.17. The number of nitrogens with zero attached hydrogens (tertiary/aromatic N) is 4. The highest BCUT2D eigenvalue weighted by atomic mass is 32.2. The van der Waals surface area contributed by atoms with Gasteiger partial charge in [-0.25, -0.2) is 0 Å². The van der Waals surface area contributed by atoms with Gasteiger partial charge in [-0.2, -0.15) is 5.26 Å². The molecule has 206 valence electrons. The van der Waals surface area contributed by atoms with Crippen LogP contribution in [0.4, 0.5) is 5.82 Å². The van der Waals surface area contributed by atoms with Gasteiger partial charge < -0.3 is 19.1 Å². The molecule has 2 fully saturated rings. The fraction of sp³-hybridized carbons (Fsp3) is 0.429. The van der Waals surface area contributed by atoms with Crippen LogP contribution in [0.2, 0.25) is 0 Å². The van der Waals surface area contributed by atoms with E-state index in [9.17, 15) is 14.9 Å². The van der Waals surface area contributed by atoms with Crippen molar-refractivity contribution in [3.8, 4) is 17.6 Å². The minimum atomic E-state index is -0.364. The summed E-state index contributed by atoms with van der Waals surface area (Å²) < 4.78 is 18.6. The van der Waals surface area contributed by atoms with E-state index in [1.165, 1.54) is 16.3 Å². The first-order chi connectivity index (χ1) is 18.6. The van der Waals surface area contributed by atoms with Gasteiger partial charge in [-0.05, 0) is 56.5 Å². The SMILES string of the molecule is COc1ccc(CCN2C(=O)/C(=C\c3c(C)c(C#N)c(=O)n(C)c3N3CC(C)OC(C)C3)SC2=S)cc1OC. The third-order valence-electron chi connectivity index (χ3n) is 6.91. The zero-order valence-electron chi connectivity index (χ0n) is 22.9. The number of hydrogen-bond acceptors (Lipinski definition) is 9. The Labute approximate surface area is 237 Å². The normalized spacial score (nSPS) is 20.5. The molecule has 0 spiro atoms. The number of thiocarbonyl (C=S) groups is 1. The van der Waals surface area contributed by atoms with Crippen LogP contribution in [0.5, 0.6) is 11.5 Å². The Kier molecular flexibility index (Phi) is 8.69. The van der Waals surface area contributed by atoms with E-state index in [0.717, 1.165) is 5.56 Å². The van der Waals surface area contributed by atoms with Gasteiger partial charge in [-0.15, -0.1) is 0 Å². The lowest BCUT2D eigenvalue weighted by atomic mass is 10.0. The molecule has 2 aliphatic heterocycles. The first-order valence-corrected chi connectivity index (χ1v) is 13.8. The molecule has 1 aromatic heterocycles. The lowest BCUT2D eigenvalue weighted by Crippen LogP contribution is -2.47. The molecule has 0 radical (unpaired) electrons. The van der Waals surface area contributed by atoms with Gasteiger partial charge in [0.05, 0.1) is 31.3 Å². The Morgan fingerprint density at radius 2 is 1.85 bits per heavy atom. The second kappa shape index (κ2) is 11.8. The van der Waals surface area contributed by atoms with Crippen molar-refractivity contribution < 1.29 is 19.0 Å². The molecule has 0 saturated carbocycles. The molecule has 11 heteroatoms. The molecular formula is C28H32N4O5S2. The molecule has 2 saturated heterocycles. The summed E-state index contributed by atoms with van der Waals surface area (Å²) >= 11 is 6.80. The van der Waals surface area contributed by atoms with Crippen LogP contribution in [0.15, 0.2) is 27.9 Å². The van der Waals surface area contributed by atoms with E-state index >= 15 is 0 Å². The van der Waals surface area contributed by atoms with Gasteiger partial charge in [0.15, 0.2) is 11.5 Å². The van der Waals surface area contributed by atoms with Gasteiger partial charge in [0.2, 0.25) is 0 Å². The molecule has 2 aromatic rings. The fourth-order valence-electron chi connectivity index (χ4n) is 5.05. The lowest BCUT2D eigenvalue weighted by Gasteiger charge is -2.38. The first-order valence-electron chi connectivity index (χ1n) is 12.6. The predicted molar refractivity (Wildman–Crippen MR) is 156 cm³/mol. The molecule has 3 heterocycles. The highest BCUT2D eigenvalue weighted by Gasteiger charge is 2.34. The van der Waals surface area contributed by atoms with E-state index in [0.29, 0.717) is 63.7 Å². The summed E-state index contributed by atoms with van der Waals surface area (Å²) in [5, 5.41) is 9.74. The molecule has 2 aliphatic rings. The molecule has 4 rings (SSSR count). The van der Waals surface area contributed by atoms with Crippen LogP contribution < -0.4 is 19.9 Å². The molecule has 2 unspecified atom stereocenters. The molecule has 2 atom stereocenters. The third-order valence-corrected chi connectivity index (χ3v) is 8.29. The number of pyridine rings is 1. The van der Waals surface area contributed by atoms with Crippen molar-refractivity contribution in [2.24, 2.45) is 7.05 Å². The van der Waals surface area contributed by atoms with Crippen molar-refractivity contribution in [2.45, 2.75) is 39.4 Å². The fourth-order valence-corrected chi connectivity index (χ4v) is 6.34.